The maximum absolute atomic E-state index is 13.1. The molecular weight excluding hydrogens is 661 g/mol. The Bertz CT molecular complexity index is 1950. The lowest BCUT2D eigenvalue weighted by atomic mass is 9.84. The Morgan fingerprint density at radius 2 is 1.04 bits per heavy atom. The Morgan fingerprint density at radius 1 is 0.696 bits per heavy atom. The second-order valence-corrected chi connectivity index (χ2v) is 15.2. The summed E-state index contributed by atoms with van der Waals surface area (Å²) in [5.41, 5.74) is 2.53. The van der Waals surface area contributed by atoms with Gasteiger partial charge in [0, 0.05) is 23.9 Å². The maximum Gasteiger partial charge on any atom is 0.284 e. The predicted octanol–water partition coefficient (Wildman–Crippen LogP) is 5.86. The molecule has 228 valence electrons. The molecule has 6 rings (SSSR count). The monoisotopic (exact) mass is 682 g/mol. The second kappa shape index (κ2) is 11.0. The number of aromatic nitrogens is 2. The molecule has 4 heterocycles. The SMILES string of the molecule is CCN1C(=O)C(=Nc2nc3c(s2)C2=C(c4sc(N=C5SC(=C(C#N)C#N)N(CC)C5=O)nc4C2(C)C)C3(C)C)SC1=C(C#N)C#N. The number of thiazole rings is 2. The minimum absolute atomic E-state index is 0.136. The summed E-state index contributed by atoms with van der Waals surface area (Å²) in [5, 5.41) is 39.2. The molecule has 0 aromatic carbocycles. The van der Waals surface area contributed by atoms with Crippen molar-refractivity contribution in [3.8, 4) is 24.3 Å². The molecule has 2 aliphatic carbocycles. The molecule has 0 N–H and O–H groups in total. The molecule has 2 saturated heterocycles. The van der Waals surface area contributed by atoms with Crippen molar-refractivity contribution in [3.63, 3.8) is 0 Å². The third kappa shape index (κ3) is 4.37. The third-order valence-electron chi connectivity index (χ3n) is 8.00. The van der Waals surface area contributed by atoms with Gasteiger partial charge in [-0.25, -0.2) is 20.0 Å². The van der Waals surface area contributed by atoms with Crippen LogP contribution in [0.25, 0.3) is 11.1 Å². The van der Waals surface area contributed by atoms with Gasteiger partial charge in [-0.2, -0.15) is 21.0 Å². The van der Waals surface area contributed by atoms with Gasteiger partial charge in [-0.05, 0) is 48.5 Å². The van der Waals surface area contributed by atoms with Crippen molar-refractivity contribution >= 4 is 89.5 Å². The Hall–Kier alpha value is -4.58. The fourth-order valence-electron chi connectivity index (χ4n) is 5.85. The van der Waals surface area contributed by atoms with Gasteiger partial charge in [0.1, 0.15) is 34.3 Å². The van der Waals surface area contributed by atoms with Crippen molar-refractivity contribution in [3.05, 3.63) is 42.3 Å². The number of allylic oxidation sites excluding steroid dienone is 4. The van der Waals surface area contributed by atoms with Crippen molar-refractivity contribution < 1.29 is 9.59 Å². The summed E-state index contributed by atoms with van der Waals surface area (Å²) in [6.07, 6.45) is 0. The van der Waals surface area contributed by atoms with Gasteiger partial charge in [-0.3, -0.25) is 19.4 Å². The van der Waals surface area contributed by atoms with E-state index in [-0.39, 0.29) is 43.1 Å². The Labute approximate surface area is 280 Å². The summed E-state index contributed by atoms with van der Waals surface area (Å²) in [6.45, 7) is 12.5. The largest absolute Gasteiger partial charge is 0.299 e. The number of fused-ring (bicyclic) bond motifs is 4. The standard InChI is InChI=1S/C30H22N10O2S4/c1-7-39-23(41)21(45-25(39)13(9-31)10-32)37-27-35-19-17(43-27)15-16(29(19,3)4)18-20(30(15,5)6)36-28(44-18)38-22-24(42)40(8-2)26(46-22)14(11-33)12-34/h7-8H2,1-6H3. The predicted molar refractivity (Wildman–Crippen MR) is 178 cm³/mol. The number of hydrogen-bond acceptors (Lipinski definition) is 14. The van der Waals surface area contributed by atoms with Crippen LogP contribution in [0.3, 0.4) is 0 Å². The zero-order chi connectivity index (χ0) is 33.3. The molecule has 2 amide bonds. The first kappa shape index (κ1) is 31.4. The van der Waals surface area contributed by atoms with Crippen LogP contribution in [0.4, 0.5) is 10.3 Å². The summed E-state index contributed by atoms with van der Waals surface area (Å²) in [7, 11) is 0. The van der Waals surface area contributed by atoms with E-state index in [9.17, 15) is 30.6 Å². The minimum atomic E-state index is -0.525. The molecule has 16 heteroatoms. The van der Waals surface area contributed by atoms with Gasteiger partial charge in [-0.15, -0.1) is 0 Å². The quantitative estimate of drug-likeness (QED) is 0.354. The summed E-state index contributed by atoms with van der Waals surface area (Å²) in [6, 6.07) is 7.44. The molecule has 0 bridgehead atoms. The molecule has 0 spiro atoms. The normalized spacial score (nSPS) is 20.6. The van der Waals surface area contributed by atoms with Gasteiger partial charge in [0.15, 0.2) is 21.2 Å². The van der Waals surface area contributed by atoms with Crippen molar-refractivity contribution in [2.75, 3.05) is 13.1 Å². The topological polar surface area (TPSA) is 186 Å². The summed E-state index contributed by atoms with van der Waals surface area (Å²) < 4.78 is 0. The van der Waals surface area contributed by atoms with Crippen molar-refractivity contribution in [2.24, 2.45) is 9.98 Å². The first-order valence-electron chi connectivity index (χ1n) is 13.9. The fraction of sp³-hybridized carbons (Fsp3) is 0.333. The molecule has 2 aromatic heterocycles. The van der Waals surface area contributed by atoms with Crippen molar-refractivity contribution in [1.82, 2.24) is 19.8 Å². The third-order valence-corrected chi connectivity index (χ3v) is 12.1. The van der Waals surface area contributed by atoms with Crippen LogP contribution >= 0.6 is 46.2 Å². The van der Waals surface area contributed by atoms with Gasteiger partial charge in [0.2, 0.25) is 10.3 Å². The van der Waals surface area contributed by atoms with Crippen LogP contribution in [-0.4, -0.2) is 54.8 Å². The molecule has 4 aliphatic rings. The molecule has 0 saturated carbocycles. The van der Waals surface area contributed by atoms with Crippen LogP contribution in [0, 0.1) is 45.3 Å². The van der Waals surface area contributed by atoms with Gasteiger partial charge >= 0.3 is 0 Å². The van der Waals surface area contributed by atoms with Gasteiger partial charge in [0.25, 0.3) is 11.8 Å². The van der Waals surface area contributed by atoms with Crippen LogP contribution in [-0.2, 0) is 20.4 Å². The van der Waals surface area contributed by atoms with E-state index in [1.54, 1.807) is 13.8 Å². The Balaban J connectivity index is 1.39. The highest BCUT2D eigenvalue weighted by atomic mass is 32.2. The van der Waals surface area contributed by atoms with Crippen LogP contribution in [0.2, 0.25) is 0 Å². The van der Waals surface area contributed by atoms with E-state index in [1.807, 2.05) is 24.3 Å². The number of rotatable bonds is 4. The van der Waals surface area contributed by atoms with Gasteiger partial charge in [0.05, 0.1) is 21.1 Å². The van der Waals surface area contributed by atoms with Crippen LogP contribution < -0.4 is 0 Å². The van der Waals surface area contributed by atoms with Gasteiger partial charge < -0.3 is 0 Å². The number of aliphatic imine (C=N–C) groups is 2. The minimum Gasteiger partial charge on any atom is -0.299 e. The number of nitriles is 4. The smallest absolute Gasteiger partial charge is 0.284 e. The lowest BCUT2D eigenvalue weighted by molar-refractivity contribution is -0.121. The average Bonchev–Trinajstić information content (AvgIpc) is 3.83. The summed E-state index contributed by atoms with van der Waals surface area (Å²) in [5.74, 6) is -0.747. The fourth-order valence-corrected chi connectivity index (χ4v) is 10.7. The van der Waals surface area contributed by atoms with E-state index in [4.69, 9.17) is 9.97 Å². The molecule has 0 unspecified atom stereocenters. The highest BCUT2D eigenvalue weighted by Gasteiger charge is 2.54. The second-order valence-electron chi connectivity index (χ2n) is 11.3. The van der Waals surface area contributed by atoms with E-state index in [1.165, 1.54) is 32.5 Å². The van der Waals surface area contributed by atoms with Gasteiger partial charge in [-0.1, -0.05) is 50.4 Å². The molecule has 46 heavy (non-hydrogen) atoms. The van der Waals surface area contributed by atoms with Crippen LogP contribution in [0.1, 0.15) is 62.7 Å². The van der Waals surface area contributed by atoms with E-state index in [0.717, 1.165) is 55.8 Å². The molecule has 12 nitrogen and oxygen atoms in total. The maximum atomic E-state index is 13.1. The number of hydrogen-bond donors (Lipinski definition) is 0. The number of amides is 2. The number of thioether (sulfide) groups is 2. The van der Waals surface area contributed by atoms with Crippen molar-refractivity contribution in [2.45, 2.75) is 52.4 Å². The first-order valence-corrected chi connectivity index (χ1v) is 17.2. The van der Waals surface area contributed by atoms with Crippen LogP contribution in [0.5, 0.6) is 0 Å². The average molecular weight is 683 g/mol. The highest BCUT2D eigenvalue weighted by Crippen LogP contribution is 2.65. The molecule has 2 fully saturated rings. The first-order chi connectivity index (χ1) is 21.9. The van der Waals surface area contributed by atoms with E-state index in [0.29, 0.717) is 23.4 Å². The Morgan fingerprint density at radius 3 is 1.35 bits per heavy atom. The lowest BCUT2D eigenvalue weighted by Crippen LogP contribution is -2.26. The van der Waals surface area contributed by atoms with Crippen LogP contribution in [0.15, 0.2) is 31.2 Å². The number of carbonyl (C=O) groups is 2. The molecule has 0 atom stereocenters. The summed E-state index contributed by atoms with van der Waals surface area (Å²) >= 11 is 4.79. The lowest BCUT2D eigenvalue weighted by Gasteiger charge is -2.21. The molecular formula is C30H22N10O2S4. The van der Waals surface area contributed by atoms with Crippen molar-refractivity contribution in [1.29, 1.82) is 21.0 Å². The summed E-state index contributed by atoms with van der Waals surface area (Å²) in [4.78, 5) is 49.8. The molecule has 2 aliphatic heterocycles. The number of nitrogens with zero attached hydrogens (tertiary/aromatic N) is 10. The zero-order valence-corrected chi connectivity index (χ0v) is 28.6. The zero-order valence-electron chi connectivity index (χ0n) is 25.3. The van der Waals surface area contributed by atoms with E-state index in [2.05, 4.69) is 37.7 Å². The van der Waals surface area contributed by atoms with E-state index < -0.39 is 10.8 Å². The molecule has 0 radical (unpaired) electrons. The number of carbonyl (C=O) groups excluding carboxylic acids is 2. The molecule has 2 aromatic rings. The Kier molecular flexibility index (Phi) is 7.54. The highest BCUT2D eigenvalue weighted by molar-refractivity contribution is 8.20. The van der Waals surface area contributed by atoms with E-state index >= 15 is 0 Å².